The lowest BCUT2D eigenvalue weighted by molar-refractivity contribution is 0.971. The molecule has 8 aromatic carbocycles. The molecule has 0 atom stereocenters. The zero-order valence-electron chi connectivity index (χ0n) is 29.2. The van der Waals surface area contributed by atoms with Gasteiger partial charge in [-0.25, -0.2) is 0 Å². The molecule has 10 rings (SSSR count). The summed E-state index contributed by atoms with van der Waals surface area (Å²) in [6.07, 6.45) is 12.9. The summed E-state index contributed by atoms with van der Waals surface area (Å²) in [5.41, 5.74) is 12.6. The average Bonchev–Trinajstić information content (AvgIpc) is 3.54. The molecular formula is C51H37N. The Morgan fingerprint density at radius 3 is 1.94 bits per heavy atom. The Bertz CT molecular complexity index is 2970. The maximum Gasteiger partial charge on any atom is 0.0625 e. The number of aryl methyl sites for hydroxylation is 2. The summed E-state index contributed by atoms with van der Waals surface area (Å²) in [6, 6.07) is 51.9. The summed E-state index contributed by atoms with van der Waals surface area (Å²) < 4.78 is 2.58. The quantitative estimate of drug-likeness (QED) is 0.0981. The smallest absolute Gasteiger partial charge is 0.0625 e. The molecule has 0 saturated carbocycles. The highest BCUT2D eigenvalue weighted by Crippen LogP contribution is 2.51. The van der Waals surface area contributed by atoms with Gasteiger partial charge < -0.3 is 4.57 Å². The van der Waals surface area contributed by atoms with Crippen LogP contribution in [0.15, 0.2) is 164 Å². The van der Waals surface area contributed by atoms with Crippen molar-refractivity contribution in [2.45, 2.75) is 19.8 Å². The van der Waals surface area contributed by atoms with Crippen LogP contribution in [0.25, 0.3) is 94.1 Å². The van der Waals surface area contributed by atoms with Gasteiger partial charge in [0.25, 0.3) is 0 Å². The van der Waals surface area contributed by atoms with E-state index in [9.17, 15) is 0 Å². The highest BCUT2D eigenvalue weighted by molar-refractivity contribution is 6.35. The first-order chi connectivity index (χ1) is 25.7. The first-order valence-electron chi connectivity index (χ1n) is 18.3. The summed E-state index contributed by atoms with van der Waals surface area (Å²) in [6.45, 7) is 6.21. The molecule has 0 spiro atoms. The SMILES string of the molecule is C=C/C=C\c1cc(-c2c3ccccc3c(-n3c4c(c5ccccc53)CCC=C4)c3c4ccccc4c4ccccc4c23)c(-c2ccccc2)cc1C. The zero-order chi connectivity index (χ0) is 34.8. The number of hydrogen-bond donors (Lipinski definition) is 0. The van der Waals surface area contributed by atoms with Gasteiger partial charge in [-0.3, -0.25) is 0 Å². The number of benzene rings is 8. The standard InChI is InChI=1S/C51H37N/c1-3-4-18-35-32-45(44(31-33(35)2)34-19-6-5-7-20-34)48-42-27-12-13-28-43(42)51(52-46-29-16-14-23-38(46)39-24-15-17-30-47(39)52)50-41-26-11-9-22-37(41)36-21-8-10-25-40(36)49(48)50/h3-14,16-23,25-32H,1,15,24H2,2H3/b18-4-. The monoisotopic (exact) mass is 663 g/mol. The topological polar surface area (TPSA) is 4.93 Å². The van der Waals surface area contributed by atoms with Crippen molar-refractivity contribution in [3.05, 3.63) is 187 Å². The third kappa shape index (κ3) is 4.49. The Hall–Kier alpha value is -6.44. The Kier molecular flexibility index (Phi) is 7.08. The molecule has 0 amide bonds. The van der Waals surface area contributed by atoms with Crippen LogP contribution in [-0.4, -0.2) is 4.57 Å². The lowest BCUT2D eigenvalue weighted by Crippen LogP contribution is -2.04. The van der Waals surface area contributed by atoms with Gasteiger partial charge in [0.15, 0.2) is 0 Å². The van der Waals surface area contributed by atoms with Gasteiger partial charge in [0.2, 0.25) is 0 Å². The van der Waals surface area contributed by atoms with Crippen LogP contribution in [0.1, 0.15) is 28.8 Å². The van der Waals surface area contributed by atoms with E-state index in [1.807, 2.05) is 12.2 Å². The van der Waals surface area contributed by atoms with Gasteiger partial charge in [0.05, 0.1) is 11.2 Å². The molecule has 1 nitrogen and oxygen atoms in total. The largest absolute Gasteiger partial charge is 0.308 e. The zero-order valence-corrected chi connectivity index (χ0v) is 29.2. The molecule has 0 unspecified atom stereocenters. The first kappa shape index (κ1) is 30.4. The Balaban J connectivity index is 1.51. The fourth-order valence-corrected chi connectivity index (χ4v) is 8.90. The number of fused-ring (bicyclic) bond motifs is 10. The molecule has 1 aliphatic carbocycles. The van der Waals surface area contributed by atoms with E-state index >= 15 is 0 Å². The van der Waals surface area contributed by atoms with Crippen LogP contribution in [0, 0.1) is 6.92 Å². The predicted molar refractivity (Wildman–Crippen MR) is 225 cm³/mol. The van der Waals surface area contributed by atoms with Gasteiger partial charge in [0.1, 0.15) is 0 Å². The van der Waals surface area contributed by atoms with E-state index in [-0.39, 0.29) is 0 Å². The maximum absolute atomic E-state index is 3.99. The van der Waals surface area contributed by atoms with Crippen LogP contribution in [0.5, 0.6) is 0 Å². The van der Waals surface area contributed by atoms with E-state index in [0.717, 1.165) is 12.8 Å². The van der Waals surface area contributed by atoms with Gasteiger partial charge in [-0.1, -0.05) is 158 Å². The van der Waals surface area contributed by atoms with Crippen LogP contribution in [0.4, 0.5) is 0 Å². The van der Waals surface area contributed by atoms with Crippen molar-refractivity contribution in [2.24, 2.45) is 0 Å². The highest BCUT2D eigenvalue weighted by Gasteiger charge is 2.27. The molecule has 246 valence electrons. The molecule has 0 N–H and O–H groups in total. The van der Waals surface area contributed by atoms with E-state index in [4.69, 9.17) is 0 Å². The fourth-order valence-electron chi connectivity index (χ4n) is 8.90. The Labute approximate surface area is 304 Å². The van der Waals surface area contributed by atoms with Crippen molar-refractivity contribution in [1.82, 2.24) is 4.57 Å². The van der Waals surface area contributed by atoms with Crippen molar-refractivity contribution in [1.29, 1.82) is 0 Å². The molecule has 52 heavy (non-hydrogen) atoms. The highest BCUT2D eigenvalue weighted by atomic mass is 15.0. The molecule has 1 aliphatic rings. The van der Waals surface area contributed by atoms with Gasteiger partial charge >= 0.3 is 0 Å². The van der Waals surface area contributed by atoms with E-state index in [1.54, 1.807) is 0 Å². The molecular weight excluding hydrogens is 627 g/mol. The van der Waals surface area contributed by atoms with E-state index in [2.05, 4.69) is 176 Å². The van der Waals surface area contributed by atoms with E-state index in [1.165, 1.54) is 104 Å². The molecule has 0 radical (unpaired) electrons. The minimum atomic E-state index is 1.04. The molecule has 1 heterocycles. The van der Waals surface area contributed by atoms with Gasteiger partial charge in [-0.2, -0.15) is 0 Å². The Morgan fingerprint density at radius 1 is 0.596 bits per heavy atom. The van der Waals surface area contributed by atoms with Crippen LogP contribution >= 0.6 is 0 Å². The van der Waals surface area contributed by atoms with Gasteiger partial charge in [-0.05, 0) is 104 Å². The van der Waals surface area contributed by atoms with Gasteiger partial charge in [-0.15, -0.1) is 0 Å². The molecule has 9 aromatic rings. The number of hydrogen-bond acceptors (Lipinski definition) is 0. The minimum Gasteiger partial charge on any atom is -0.308 e. The molecule has 0 fully saturated rings. The van der Waals surface area contributed by atoms with E-state index < -0.39 is 0 Å². The van der Waals surface area contributed by atoms with Crippen molar-refractivity contribution < 1.29 is 0 Å². The maximum atomic E-state index is 3.99. The summed E-state index contributed by atoms with van der Waals surface area (Å²) >= 11 is 0. The molecule has 1 aromatic heterocycles. The van der Waals surface area contributed by atoms with Crippen LogP contribution < -0.4 is 0 Å². The van der Waals surface area contributed by atoms with Crippen LogP contribution in [0.3, 0.4) is 0 Å². The second-order valence-electron chi connectivity index (χ2n) is 14.0. The second kappa shape index (κ2) is 12.1. The van der Waals surface area contributed by atoms with E-state index in [0.29, 0.717) is 0 Å². The summed E-state index contributed by atoms with van der Waals surface area (Å²) in [7, 11) is 0. The summed E-state index contributed by atoms with van der Waals surface area (Å²) in [5.74, 6) is 0. The summed E-state index contributed by atoms with van der Waals surface area (Å²) in [4.78, 5) is 0. The molecule has 0 saturated heterocycles. The molecule has 0 aliphatic heterocycles. The normalized spacial score (nSPS) is 12.9. The van der Waals surface area contributed by atoms with Crippen molar-refractivity contribution in [3.63, 3.8) is 0 Å². The second-order valence-corrected chi connectivity index (χ2v) is 14.0. The average molecular weight is 664 g/mol. The number of allylic oxidation sites excluding steroid dienone is 3. The predicted octanol–water partition coefficient (Wildman–Crippen LogP) is 14.0. The number of nitrogens with zero attached hydrogens (tertiary/aromatic N) is 1. The van der Waals surface area contributed by atoms with Crippen molar-refractivity contribution >= 4 is 66.1 Å². The summed E-state index contributed by atoms with van der Waals surface area (Å²) in [5, 5.41) is 11.5. The number of rotatable bonds is 5. The lowest BCUT2D eigenvalue weighted by Gasteiger charge is -2.25. The minimum absolute atomic E-state index is 1.04. The first-order valence-corrected chi connectivity index (χ1v) is 18.3. The van der Waals surface area contributed by atoms with Gasteiger partial charge in [0, 0.05) is 27.2 Å². The lowest BCUT2D eigenvalue weighted by atomic mass is 9.81. The van der Waals surface area contributed by atoms with Crippen molar-refractivity contribution in [2.75, 3.05) is 0 Å². The Morgan fingerprint density at radius 2 is 1.21 bits per heavy atom. The third-order valence-electron chi connectivity index (χ3n) is 11.1. The van der Waals surface area contributed by atoms with Crippen LogP contribution in [-0.2, 0) is 6.42 Å². The van der Waals surface area contributed by atoms with Crippen molar-refractivity contribution in [3.8, 4) is 27.9 Å². The number of para-hydroxylation sites is 1. The number of aromatic nitrogens is 1. The molecule has 0 bridgehead atoms. The third-order valence-corrected chi connectivity index (χ3v) is 11.1. The van der Waals surface area contributed by atoms with Crippen LogP contribution in [0.2, 0.25) is 0 Å². The molecule has 1 heteroatoms. The fraction of sp³-hybridized carbons (Fsp3) is 0.0588.